The molecule has 3 rings (SSSR count). The highest BCUT2D eigenvalue weighted by Gasteiger charge is 2.11. The maximum absolute atomic E-state index is 11.9. The van der Waals surface area contributed by atoms with Crippen LogP contribution in [-0.4, -0.2) is 37.0 Å². The van der Waals surface area contributed by atoms with E-state index < -0.39 is 0 Å². The minimum Gasteiger partial charge on any atom is -0.300 e. The predicted molar refractivity (Wildman–Crippen MR) is 95.5 cm³/mol. The Bertz CT molecular complexity index is 832. The molecule has 0 saturated heterocycles. The van der Waals surface area contributed by atoms with Crippen molar-refractivity contribution < 1.29 is 4.79 Å². The van der Waals surface area contributed by atoms with Gasteiger partial charge in [-0.25, -0.2) is 4.98 Å². The van der Waals surface area contributed by atoms with E-state index in [9.17, 15) is 4.79 Å². The number of amides is 1. The molecule has 0 saturated carbocycles. The van der Waals surface area contributed by atoms with Crippen molar-refractivity contribution in [3.63, 3.8) is 0 Å². The molecule has 0 radical (unpaired) electrons. The molecule has 3 aromatic rings. The summed E-state index contributed by atoms with van der Waals surface area (Å²) in [6, 6.07) is 7.27. The largest absolute Gasteiger partial charge is 0.300 e. The molecule has 0 aliphatic carbocycles. The summed E-state index contributed by atoms with van der Waals surface area (Å²) in [6.07, 6.45) is 0.799. The first-order valence-electron chi connectivity index (χ1n) is 7.07. The number of nitrogens with zero attached hydrogens (tertiary/aromatic N) is 4. The maximum atomic E-state index is 11.9. The van der Waals surface area contributed by atoms with Gasteiger partial charge in [-0.3, -0.25) is 15.2 Å². The summed E-state index contributed by atoms with van der Waals surface area (Å²) in [6.45, 7) is 1.99. The molecule has 1 amide bonds. The van der Waals surface area contributed by atoms with Gasteiger partial charge in [0.15, 0.2) is 5.82 Å². The van der Waals surface area contributed by atoms with Crippen molar-refractivity contribution in [2.75, 3.05) is 11.1 Å². The van der Waals surface area contributed by atoms with Crippen LogP contribution in [0.3, 0.4) is 0 Å². The van der Waals surface area contributed by atoms with E-state index in [1.54, 1.807) is 12.1 Å². The normalized spacial score (nSPS) is 10.8. The average Bonchev–Trinajstić information content (AvgIpc) is 3.23. The molecule has 0 unspecified atom stereocenters. The molecule has 1 aromatic carbocycles. The third kappa shape index (κ3) is 4.31. The number of aryl methyl sites for hydroxylation is 1. The van der Waals surface area contributed by atoms with Crippen LogP contribution in [0.1, 0.15) is 11.9 Å². The average molecular weight is 381 g/mol. The van der Waals surface area contributed by atoms with Gasteiger partial charge in [-0.2, -0.15) is 0 Å². The third-order valence-electron chi connectivity index (χ3n) is 2.93. The van der Waals surface area contributed by atoms with Crippen LogP contribution in [0.15, 0.2) is 29.4 Å². The highest BCUT2D eigenvalue weighted by molar-refractivity contribution is 7.99. The summed E-state index contributed by atoms with van der Waals surface area (Å²) in [5.74, 6) is 0.654. The summed E-state index contributed by atoms with van der Waals surface area (Å²) in [5, 5.41) is 20.1. The maximum Gasteiger partial charge on any atom is 0.236 e. The van der Waals surface area contributed by atoms with E-state index in [-0.39, 0.29) is 11.7 Å². The van der Waals surface area contributed by atoms with E-state index in [1.165, 1.54) is 23.1 Å². The van der Waals surface area contributed by atoms with Crippen LogP contribution in [0, 0.1) is 0 Å². The number of hydrogen-bond acceptors (Lipinski definition) is 7. The van der Waals surface area contributed by atoms with Gasteiger partial charge < -0.3 is 0 Å². The van der Waals surface area contributed by atoms with E-state index >= 15 is 0 Å². The minimum atomic E-state index is -0.170. The topological polar surface area (TPSA) is 96.5 Å². The van der Waals surface area contributed by atoms with Crippen molar-refractivity contribution in [3.05, 3.63) is 34.3 Å². The van der Waals surface area contributed by atoms with Gasteiger partial charge in [-0.05, 0) is 30.7 Å². The number of carbonyl (C=O) groups excluding carboxylic acids is 1. The van der Waals surface area contributed by atoms with Gasteiger partial charge in [-0.1, -0.05) is 41.6 Å². The van der Waals surface area contributed by atoms with Gasteiger partial charge in [0.1, 0.15) is 5.01 Å². The Hall–Kier alpha value is -1.97. The Kier molecular flexibility index (Phi) is 5.44. The molecule has 24 heavy (non-hydrogen) atoms. The van der Waals surface area contributed by atoms with Crippen LogP contribution in [0.4, 0.5) is 5.13 Å². The van der Waals surface area contributed by atoms with Gasteiger partial charge in [0.2, 0.25) is 16.2 Å². The highest BCUT2D eigenvalue weighted by Crippen LogP contribution is 2.21. The summed E-state index contributed by atoms with van der Waals surface area (Å²) in [5.41, 5.74) is 0.879. The van der Waals surface area contributed by atoms with E-state index in [1.807, 2.05) is 19.1 Å². The number of rotatable bonds is 6. The summed E-state index contributed by atoms with van der Waals surface area (Å²) in [7, 11) is 0. The summed E-state index contributed by atoms with van der Waals surface area (Å²) in [4.78, 5) is 16.3. The summed E-state index contributed by atoms with van der Waals surface area (Å²) < 4.78 is 0. The fourth-order valence-corrected chi connectivity index (χ4v) is 3.20. The zero-order chi connectivity index (χ0) is 16.9. The Morgan fingerprint density at radius 3 is 2.83 bits per heavy atom. The predicted octanol–water partition coefficient (Wildman–Crippen LogP) is 3.27. The lowest BCUT2D eigenvalue weighted by Gasteiger charge is -1.98. The Morgan fingerprint density at radius 2 is 2.12 bits per heavy atom. The number of nitrogens with one attached hydrogen (secondary N) is 2. The monoisotopic (exact) mass is 380 g/mol. The third-order valence-corrected chi connectivity index (χ3v) is 5.01. The van der Waals surface area contributed by atoms with Crippen LogP contribution in [0.25, 0.3) is 11.4 Å². The van der Waals surface area contributed by atoms with Crippen molar-refractivity contribution in [2.45, 2.75) is 18.5 Å². The molecule has 124 valence electrons. The molecular formula is C14H13ClN6OS2. The van der Waals surface area contributed by atoms with Crippen molar-refractivity contribution >= 4 is 45.7 Å². The summed E-state index contributed by atoms with van der Waals surface area (Å²) >= 11 is 8.48. The number of anilines is 1. The van der Waals surface area contributed by atoms with Gasteiger partial charge in [0, 0.05) is 10.6 Å². The van der Waals surface area contributed by atoms with Crippen molar-refractivity contribution in [1.82, 2.24) is 25.4 Å². The number of aromatic amines is 1. The van der Waals surface area contributed by atoms with Crippen LogP contribution in [-0.2, 0) is 11.2 Å². The number of thioether (sulfide) groups is 1. The molecule has 0 fully saturated rings. The van der Waals surface area contributed by atoms with E-state index in [0.29, 0.717) is 21.1 Å². The first kappa shape index (κ1) is 16.9. The SMILES string of the molecule is CCc1nnc(NC(=O)CSc2n[nH]c(-c3ccc(Cl)cc3)n2)s1. The van der Waals surface area contributed by atoms with Crippen molar-refractivity contribution in [1.29, 1.82) is 0 Å². The molecule has 0 bridgehead atoms. The van der Waals surface area contributed by atoms with Gasteiger partial charge in [0.05, 0.1) is 5.75 Å². The minimum absolute atomic E-state index is 0.170. The smallest absolute Gasteiger partial charge is 0.236 e. The van der Waals surface area contributed by atoms with Crippen LogP contribution in [0.2, 0.25) is 5.02 Å². The fourth-order valence-electron chi connectivity index (χ4n) is 1.78. The lowest BCUT2D eigenvalue weighted by Crippen LogP contribution is -2.13. The second kappa shape index (κ2) is 7.73. The molecule has 2 heterocycles. The molecule has 2 aromatic heterocycles. The van der Waals surface area contributed by atoms with E-state index in [4.69, 9.17) is 11.6 Å². The zero-order valence-corrected chi connectivity index (χ0v) is 15.0. The van der Waals surface area contributed by atoms with E-state index in [2.05, 4.69) is 30.7 Å². The molecule has 0 spiro atoms. The number of halogens is 1. The van der Waals surface area contributed by atoms with Gasteiger partial charge >= 0.3 is 0 Å². The molecule has 0 aliphatic rings. The van der Waals surface area contributed by atoms with Crippen molar-refractivity contribution in [2.24, 2.45) is 0 Å². The molecular weight excluding hydrogens is 368 g/mol. The van der Waals surface area contributed by atoms with Crippen LogP contribution in [0.5, 0.6) is 0 Å². The van der Waals surface area contributed by atoms with Crippen LogP contribution >= 0.6 is 34.7 Å². The van der Waals surface area contributed by atoms with Crippen LogP contribution < -0.4 is 5.32 Å². The van der Waals surface area contributed by atoms with Gasteiger partial charge in [0.25, 0.3) is 0 Å². The van der Waals surface area contributed by atoms with E-state index in [0.717, 1.165) is 17.0 Å². The number of benzene rings is 1. The fraction of sp³-hybridized carbons (Fsp3) is 0.214. The molecule has 0 aliphatic heterocycles. The Morgan fingerprint density at radius 1 is 1.33 bits per heavy atom. The zero-order valence-electron chi connectivity index (χ0n) is 12.6. The number of carbonyl (C=O) groups is 1. The lowest BCUT2D eigenvalue weighted by molar-refractivity contribution is -0.113. The standard InChI is InChI=1S/C14H13ClN6OS2/c1-2-11-18-21-14(24-11)16-10(22)7-23-13-17-12(19-20-13)8-3-5-9(15)6-4-8/h3-6H,2,7H2,1H3,(H,16,21,22)(H,17,19,20). The first-order chi connectivity index (χ1) is 11.6. The molecule has 7 nitrogen and oxygen atoms in total. The second-order valence-electron chi connectivity index (χ2n) is 4.66. The highest BCUT2D eigenvalue weighted by atomic mass is 35.5. The number of H-pyrrole nitrogens is 1. The Labute approximate surface area is 151 Å². The van der Waals surface area contributed by atoms with Crippen molar-refractivity contribution in [3.8, 4) is 11.4 Å². The van der Waals surface area contributed by atoms with Gasteiger partial charge in [-0.15, -0.1) is 15.3 Å². The number of hydrogen-bond donors (Lipinski definition) is 2. The number of aromatic nitrogens is 5. The first-order valence-corrected chi connectivity index (χ1v) is 9.25. The lowest BCUT2D eigenvalue weighted by atomic mass is 10.2. The second-order valence-corrected chi connectivity index (χ2v) is 7.11. The quantitative estimate of drug-likeness (QED) is 0.637. The molecule has 2 N–H and O–H groups in total. The molecule has 10 heteroatoms. The Balaban J connectivity index is 1.55. The molecule has 0 atom stereocenters.